The number of fused-ring (bicyclic) bond motifs is 1. The van der Waals surface area contributed by atoms with Gasteiger partial charge in [-0.05, 0) is 18.6 Å². The maximum atomic E-state index is 11.6. The number of nitrogens with one attached hydrogen (secondary N) is 2. The first-order valence-corrected chi connectivity index (χ1v) is 6.18. The lowest BCUT2D eigenvalue weighted by Crippen LogP contribution is -2.41. The van der Waals surface area contributed by atoms with Crippen LogP contribution in [0.25, 0.3) is 10.9 Å². The molecule has 0 aliphatic heterocycles. The van der Waals surface area contributed by atoms with Gasteiger partial charge in [0.2, 0.25) is 0 Å². The van der Waals surface area contributed by atoms with Crippen LogP contribution in [0, 0.1) is 0 Å². The number of hydrogen-bond acceptors (Lipinski definition) is 3. The van der Waals surface area contributed by atoms with Crippen LogP contribution in [-0.2, 0) is 6.54 Å². The zero-order valence-electron chi connectivity index (χ0n) is 10.8. The highest BCUT2D eigenvalue weighted by molar-refractivity contribution is 5.82. The predicted octanol–water partition coefficient (Wildman–Crippen LogP) is 1.41. The molecule has 0 saturated carbocycles. The van der Waals surface area contributed by atoms with Crippen molar-refractivity contribution in [2.45, 2.75) is 19.5 Å². The summed E-state index contributed by atoms with van der Waals surface area (Å²) in [5.41, 5.74) is 1.85. The molecule has 5 nitrogen and oxygen atoms in total. The number of urea groups is 1. The highest BCUT2D eigenvalue weighted by Gasteiger charge is 2.07. The zero-order valence-corrected chi connectivity index (χ0v) is 10.8. The SMILES string of the molecule is CC(CO)NC(=O)NCc1cccc2cccnc12. The number of hydrogen-bond donors (Lipinski definition) is 3. The second kappa shape index (κ2) is 6.15. The van der Waals surface area contributed by atoms with Gasteiger partial charge in [0.15, 0.2) is 0 Å². The average Bonchev–Trinajstić information content (AvgIpc) is 2.44. The van der Waals surface area contributed by atoms with Crippen LogP contribution in [0.2, 0.25) is 0 Å². The van der Waals surface area contributed by atoms with Crippen molar-refractivity contribution in [2.24, 2.45) is 0 Å². The van der Waals surface area contributed by atoms with Crippen molar-refractivity contribution in [1.29, 1.82) is 0 Å². The van der Waals surface area contributed by atoms with E-state index in [1.807, 2.05) is 30.3 Å². The van der Waals surface area contributed by atoms with Crippen LogP contribution >= 0.6 is 0 Å². The molecule has 1 unspecified atom stereocenters. The van der Waals surface area contributed by atoms with Crippen LogP contribution in [0.4, 0.5) is 4.79 Å². The number of nitrogens with zero attached hydrogens (tertiary/aromatic N) is 1. The summed E-state index contributed by atoms with van der Waals surface area (Å²) < 4.78 is 0. The second-order valence-corrected chi connectivity index (χ2v) is 4.40. The number of carbonyl (C=O) groups excluding carboxylic acids is 1. The van der Waals surface area contributed by atoms with Crippen LogP contribution in [0.3, 0.4) is 0 Å². The Morgan fingerprint density at radius 2 is 2.16 bits per heavy atom. The molecule has 100 valence electrons. The molecule has 3 N–H and O–H groups in total. The summed E-state index contributed by atoms with van der Waals surface area (Å²) in [6, 6.07) is 9.18. The van der Waals surface area contributed by atoms with Gasteiger partial charge in [0.05, 0.1) is 18.2 Å². The van der Waals surface area contributed by atoms with E-state index in [0.717, 1.165) is 16.5 Å². The topological polar surface area (TPSA) is 74.2 Å². The maximum Gasteiger partial charge on any atom is 0.315 e. The Morgan fingerprint density at radius 1 is 1.37 bits per heavy atom. The number of aliphatic hydroxyl groups excluding tert-OH is 1. The number of carbonyl (C=O) groups is 1. The van der Waals surface area contributed by atoms with Gasteiger partial charge < -0.3 is 15.7 Å². The van der Waals surface area contributed by atoms with Crippen LogP contribution < -0.4 is 10.6 Å². The molecule has 0 bridgehead atoms. The molecule has 0 aliphatic carbocycles. The average molecular weight is 259 g/mol. The first-order valence-electron chi connectivity index (χ1n) is 6.18. The quantitative estimate of drug-likeness (QED) is 0.777. The standard InChI is InChI=1S/C14H17N3O2/c1-10(9-18)17-14(19)16-8-12-5-2-4-11-6-3-7-15-13(11)12/h2-7,10,18H,8-9H2,1H3,(H2,16,17,19). The summed E-state index contributed by atoms with van der Waals surface area (Å²) >= 11 is 0. The minimum Gasteiger partial charge on any atom is -0.394 e. The van der Waals surface area contributed by atoms with Gasteiger partial charge in [-0.15, -0.1) is 0 Å². The molecule has 2 aromatic rings. The summed E-state index contributed by atoms with van der Waals surface area (Å²) in [5, 5.41) is 15.3. The van der Waals surface area contributed by atoms with Gasteiger partial charge in [0.25, 0.3) is 0 Å². The first kappa shape index (κ1) is 13.3. The lowest BCUT2D eigenvalue weighted by Gasteiger charge is -2.12. The number of benzene rings is 1. The number of aromatic nitrogens is 1. The summed E-state index contributed by atoms with van der Waals surface area (Å²) in [5.74, 6) is 0. The van der Waals surface area contributed by atoms with Crippen molar-refractivity contribution in [3.05, 3.63) is 42.1 Å². The molecule has 5 heteroatoms. The van der Waals surface area contributed by atoms with E-state index >= 15 is 0 Å². The summed E-state index contributed by atoms with van der Waals surface area (Å²) in [4.78, 5) is 15.9. The Bertz CT molecular complexity index is 566. The van der Waals surface area contributed by atoms with E-state index in [1.165, 1.54) is 0 Å². The third-order valence-electron chi connectivity index (χ3n) is 2.81. The third-order valence-corrected chi connectivity index (χ3v) is 2.81. The minimum atomic E-state index is -0.297. The van der Waals surface area contributed by atoms with Crippen molar-refractivity contribution in [1.82, 2.24) is 15.6 Å². The lowest BCUT2D eigenvalue weighted by molar-refractivity contribution is 0.220. The van der Waals surface area contributed by atoms with Gasteiger partial charge in [-0.25, -0.2) is 4.79 Å². The second-order valence-electron chi connectivity index (χ2n) is 4.40. The predicted molar refractivity (Wildman–Crippen MR) is 73.7 cm³/mol. The van der Waals surface area contributed by atoms with E-state index in [2.05, 4.69) is 15.6 Å². The van der Waals surface area contributed by atoms with Gasteiger partial charge in [-0.3, -0.25) is 4.98 Å². The first-order chi connectivity index (χ1) is 9.20. The summed E-state index contributed by atoms with van der Waals surface area (Å²) in [6.07, 6.45) is 1.74. The fourth-order valence-electron chi connectivity index (χ4n) is 1.81. The van der Waals surface area contributed by atoms with Crippen molar-refractivity contribution >= 4 is 16.9 Å². The van der Waals surface area contributed by atoms with Crippen molar-refractivity contribution in [2.75, 3.05) is 6.61 Å². The van der Waals surface area contributed by atoms with Crippen LogP contribution in [0.15, 0.2) is 36.5 Å². The van der Waals surface area contributed by atoms with E-state index < -0.39 is 0 Å². The van der Waals surface area contributed by atoms with Crippen molar-refractivity contribution in [3.63, 3.8) is 0 Å². The fraction of sp³-hybridized carbons (Fsp3) is 0.286. The maximum absolute atomic E-state index is 11.6. The van der Waals surface area contributed by atoms with Gasteiger partial charge in [-0.1, -0.05) is 24.3 Å². The molecule has 2 amide bonds. The number of para-hydroxylation sites is 1. The van der Waals surface area contributed by atoms with Crippen LogP contribution in [0.1, 0.15) is 12.5 Å². The normalized spacial score (nSPS) is 12.1. The molecule has 2 rings (SSSR count). The Morgan fingerprint density at radius 3 is 2.95 bits per heavy atom. The molecular weight excluding hydrogens is 242 g/mol. The molecule has 0 fully saturated rings. The third kappa shape index (κ3) is 3.42. The summed E-state index contributed by atoms with van der Waals surface area (Å²) in [7, 11) is 0. The Hall–Kier alpha value is -2.14. The number of amides is 2. The largest absolute Gasteiger partial charge is 0.394 e. The lowest BCUT2D eigenvalue weighted by atomic mass is 10.1. The molecule has 0 radical (unpaired) electrons. The number of aliphatic hydroxyl groups is 1. The molecule has 1 aromatic carbocycles. The Labute approximate surface area is 111 Å². The monoisotopic (exact) mass is 259 g/mol. The molecule has 1 heterocycles. The zero-order chi connectivity index (χ0) is 13.7. The molecule has 0 aliphatic rings. The number of rotatable bonds is 4. The van der Waals surface area contributed by atoms with E-state index in [0.29, 0.717) is 6.54 Å². The van der Waals surface area contributed by atoms with Crippen LogP contribution in [-0.4, -0.2) is 28.8 Å². The molecular formula is C14H17N3O2. The smallest absolute Gasteiger partial charge is 0.315 e. The molecule has 19 heavy (non-hydrogen) atoms. The van der Waals surface area contributed by atoms with E-state index in [1.54, 1.807) is 13.1 Å². The minimum absolute atomic E-state index is 0.0801. The van der Waals surface area contributed by atoms with Crippen molar-refractivity contribution < 1.29 is 9.90 Å². The Kier molecular flexibility index (Phi) is 4.30. The summed E-state index contributed by atoms with van der Waals surface area (Å²) in [6.45, 7) is 2.06. The Balaban J connectivity index is 2.04. The van der Waals surface area contributed by atoms with Gasteiger partial charge >= 0.3 is 6.03 Å². The molecule has 0 spiro atoms. The fourth-order valence-corrected chi connectivity index (χ4v) is 1.81. The van der Waals surface area contributed by atoms with E-state index in [4.69, 9.17) is 5.11 Å². The highest BCUT2D eigenvalue weighted by Crippen LogP contribution is 2.15. The molecule has 0 saturated heterocycles. The van der Waals surface area contributed by atoms with Gasteiger partial charge in [0.1, 0.15) is 0 Å². The van der Waals surface area contributed by atoms with Gasteiger partial charge in [0, 0.05) is 18.1 Å². The van der Waals surface area contributed by atoms with E-state index in [-0.39, 0.29) is 18.7 Å². The van der Waals surface area contributed by atoms with Crippen molar-refractivity contribution in [3.8, 4) is 0 Å². The van der Waals surface area contributed by atoms with Crippen LogP contribution in [0.5, 0.6) is 0 Å². The van der Waals surface area contributed by atoms with Gasteiger partial charge in [-0.2, -0.15) is 0 Å². The van der Waals surface area contributed by atoms with E-state index in [9.17, 15) is 4.79 Å². The molecule has 1 aromatic heterocycles. The number of pyridine rings is 1. The molecule has 1 atom stereocenters. The highest BCUT2D eigenvalue weighted by atomic mass is 16.3.